The van der Waals surface area contributed by atoms with E-state index in [0.29, 0.717) is 26.7 Å². The molecule has 7 nitrogen and oxygen atoms in total. The standard InChI is InChI=1S/C23H19N3O4S2/c1-14-12-17-20(32-14)25-23(26(21(17)28)15-8-4-3-5-9-15)31-13-19(27)24-18-11-7-6-10-16(18)22(29)30-2/h3-12H,13H2,1-2H3,(H,24,27). The molecule has 1 amide bonds. The molecule has 9 heteroatoms. The summed E-state index contributed by atoms with van der Waals surface area (Å²) in [6, 6.07) is 17.7. The number of aromatic nitrogens is 2. The topological polar surface area (TPSA) is 90.3 Å². The maximum Gasteiger partial charge on any atom is 0.339 e. The first-order valence-corrected chi connectivity index (χ1v) is 11.5. The second-order valence-corrected chi connectivity index (χ2v) is 9.00. The van der Waals surface area contributed by atoms with E-state index in [1.54, 1.807) is 24.3 Å². The van der Waals surface area contributed by atoms with Crippen LogP contribution in [-0.4, -0.2) is 34.3 Å². The zero-order chi connectivity index (χ0) is 22.7. The summed E-state index contributed by atoms with van der Waals surface area (Å²) in [7, 11) is 1.29. The average molecular weight is 466 g/mol. The average Bonchev–Trinajstić information content (AvgIpc) is 3.18. The fourth-order valence-electron chi connectivity index (χ4n) is 3.18. The SMILES string of the molecule is COC(=O)c1ccccc1NC(=O)CSc1nc2sc(C)cc2c(=O)n1-c1ccccc1. The van der Waals surface area contributed by atoms with Gasteiger partial charge in [0.15, 0.2) is 5.16 Å². The molecule has 162 valence electrons. The highest BCUT2D eigenvalue weighted by molar-refractivity contribution is 7.99. The van der Waals surface area contributed by atoms with E-state index in [2.05, 4.69) is 10.3 Å². The van der Waals surface area contributed by atoms with Gasteiger partial charge in [-0.3, -0.25) is 14.2 Å². The number of carbonyl (C=O) groups is 2. The predicted octanol–water partition coefficient (Wildman–Crippen LogP) is 4.27. The van der Waals surface area contributed by atoms with Crippen LogP contribution >= 0.6 is 23.1 Å². The molecule has 2 aromatic carbocycles. The van der Waals surface area contributed by atoms with Crippen molar-refractivity contribution in [3.63, 3.8) is 0 Å². The number of thiophene rings is 1. The van der Waals surface area contributed by atoms with Crippen LogP contribution < -0.4 is 10.9 Å². The molecular formula is C23H19N3O4S2. The number of nitrogens with one attached hydrogen (secondary N) is 1. The van der Waals surface area contributed by atoms with Crippen LogP contribution in [0.25, 0.3) is 15.9 Å². The Morgan fingerprint density at radius 2 is 1.84 bits per heavy atom. The normalized spacial score (nSPS) is 10.8. The molecule has 4 rings (SSSR count). The lowest BCUT2D eigenvalue weighted by Gasteiger charge is -2.12. The van der Waals surface area contributed by atoms with Crippen molar-refractivity contribution in [2.24, 2.45) is 0 Å². The summed E-state index contributed by atoms with van der Waals surface area (Å²) in [5.74, 6) is -0.862. The van der Waals surface area contributed by atoms with E-state index in [0.717, 1.165) is 16.6 Å². The Morgan fingerprint density at radius 1 is 1.12 bits per heavy atom. The minimum Gasteiger partial charge on any atom is -0.465 e. The van der Waals surface area contributed by atoms with Crippen molar-refractivity contribution in [1.29, 1.82) is 0 Å². The number of para-hydroxylation sites is 2. The number of carbonyl (C=O) groups excluding carboxylic acids is 2. The van der Waals surface area contributed by atoms with Gasteiger partial charge in [0.05, 0.1) is 35.2 Å². The van der Waals surface area contributed by atoms with Gasteiger partial charge in [-0.1, -0.05) is 42.1 Å². The molecule has 4 aromatic rings. The van der Waals surface area contributed by atoms with Crippen molar-refractivity contribution in [2.45, 2.75) is 12.1 Å². The number of benzene rings is 2. The number of rotatable bonds is 6. The molecule has 0 spiro atoms. The van der Waals surface area contributed by atoms with E-state index in [9.17, 15) is 14.4 Å². The maximum atomic E-state index is 13.2. The summed E-state index contributed by atoms with van der Waals surface area (Å²) in [6.07, 6.45) is 0. The Labute approximate surface area is 192 Å². The predicted molar refractivity (Wildman–Crippen MR) is 127 cm³/mol. The minimum atomic E-state index is -0.536. The third-order valence-electron chi connectivity index (χ3n) is 4.61. The smallest absolute Gasteiger partial charge is 0.339 e. The molecule has 0 fully saturated rings. The van der Waals surface area contributed by atoms with E-state index in [1.165, 1.54) is 23.0 Å². The molecular weight excluding hydrogens is 446 g/mol. The molecule has 0 aliphatic heterocycles. The quantitative estimate of drug-likeness (QED) is 0.260. The van der Waals surface area contributed by atoms with Crippen molar-refractivity contribution >= 4 is 50.9 Å². The van der Waals surface area contributed by atoms with Crippen LogP contribution in [0, 0.1) is 6.92 Å². The summed E-state index contributed by atoms with van der Waals surface area (Å²) in [5, 5.41) is 3.71. The first-order chi connectivity index (χ1) is 15.5. The molecule has 0 bridgehead atoms. The second-order valence-electron chi connectivity index (χ2n) is 6.82. The number of ether oxygens (including phenoxy) is 1. The third-order valence-corrected chi connectivity index (χ3v) is 6.49. The van der Waals surface area contributed by atoms with Gasteiger partial charge in [-0.15, -0.1) is 11.3 Å². The van der Waals surface area contributed by atoms with Gasteiger partial charge in [0.25, 0.3) is 5.56 Å². The molecule has 0 aliphatic rings. The highest BCUT2D eigenvalue weighted by atomic mass is 32.2. The van der Waals surface area contributed by atoms with Crippen LogP contribution in [0.1, 0.15) is 15.2 Å². The molecule has 32 heavy (non-hydrogen) atoms. The lowest BCUT2D eigenvalue weighted by Crippen LogP contribution is -2.22. The van der Waals surface area contributed by atoms with E-state index in [-0.39, 0.29) is 22.8 Å². The summed E-state index contributed by atoms with van der Waals surface area (Å²) in [5.41, 5.74) is 1.13. The molecule has 1 N–H and O–H groups in total. The maximum absolute atomic E-state index is 13.2. The van der Waals surface area contributed by atoms with Crippen LogP contribution in [0.2, 0.25) is 0 Å². The van der Waals surface area contributed by atoms with Gasteiger partial charge in [-0.25, -0.2) is 9.78 Å². The van der Waals surface area contributed by atoms with Gasteiger partial charge in [-0.05, 0) is 37.3 Å². The van der Waals surface area contributed by atoms with E-state index in [4.69, 9.17) is 4.74 Å². The molecule has 0 atom stereocenters. The third kappa shape index (κ3) is 4.44. The number of fused-ring (bicyclic) bond motifs is 1. The molecule has 0 aliphatic carbocycles. The summed E-state index contributed by atoms with van der Waals surface area (Å²) < 4.78 is 6.29. The fraction of sp³-hybridized carbons (Fsp3) is 0.130. The number of esters is 1. The second kappa shape index (κ2) is 9.37. The van der Waals surface area contributed by atoms with E-state index >= 15 is 0 Å². The first kappa shape index (κ1) is 21.8. The van der Waals surface area contributed by atoms with Gasteiger partial charge < -0.3 is 10.1 Å². The van der Waals surface area contributed by atoms with Gasteiger partial charge in [0.1, 0.15) is 4.83 Å². The number of methoxy groups -OCH3 is 1. The Kier molecular flexibility index (Phi) is 6.38. The molecule has 0 unspecified atom stereocenters. The number of amides is 1. The minimum absolute atomic E-state index is 0.00461. The Hall–Kier alpha value is -3.43. The van der Waals surface area contributed by atoms with Crippen molar-refractivity contribution in [2.75, 3.05) is 18.2 Å². The summed E-state index contributed by atoms with van der Waals surface area (Å²) in [6.45, 7) is 1.93. The Morgan fingerprint density at radius 3 is 2.59 bits per heavy atom. The van der Waals surface area contributed by atoms with Gasteiger partial charge >= 0.3 is 5.97 Å². The lowest BCUT2D eigenvalue weighted by molar-refractivity contribution is -0.113. The number of nitrogens with zero attached hydrogens (tertiary/aromatic N) is 2. The van der Waals surface area contributed by atoms with Crippen molar-refractivity contribution in [3.8, 4) is 5.69 Å². The summed E-state index contributed by atoms with van der Waals surface area (Å²) in [4.78, 5) is 44.1. The molecule has 0 radical (unpaired) electrons. The Bertz CT molecular complexity index is 1360. The monoisotopic (exact) mass is 465 g/mol. The van der Waals surface area contributed by atoms with Crippen LogP contribution in [-0.2, 0) is 9.53 Å². The lowest BCUT2D eigenvalue weighted by atomic mass is 10.2. The number of hydrogen-bond acceptors (Lipinski definition) is 7. The van der Waals surface area contributed by atoms with Crippen LogP contribution in [0.15, 0.2) is 70.6 Å². The Balaban J connectivity index is 1.63. The van der Waals surface area contributed by atoms with Crippen LogP contribution in [0.4, 0.5) is 5.69 Å². The summed E-state index contributed by atoms with van der Waals surface area (Å²) >= 11 is 2.60. The van der Waals surface area contributed by atoms with E-state index < -0.39 is 5.97 Å². The number of hydrogen-bond donors (Lipinski definition) is 1. The fourth-order valence-corrected chi connectivity index (χ4v) is 4.91. The number of aryl methyl sites for hydroxylation is 1. The van der Waals surface area contributed by atoms with Crippen molar-refractivity contribution in [3.05, 3.63) is 81.5 Å². The number of thioether (sulfide) groups is 1. The van der Waals surface area contributed by atoms with Gasteiger partial charge in [-0.2, -0.15) is 0 Å². The van der Waals surface area contributed by atoms with E-state index in [1.807, 2.05) is 43.3 Å². The van der Waals surface area contributed by atoms with Gasteiger partial charge in [0.2, 0.25) is 5.91 Å². The zero-order valence-electron chi connectivity index (χ0n) is 17.3. The molecule has 2 heterocycles. The first-order valence-electron chi connectivity index (χ1n) is 9.66. The molecule has 2 aromatic heterocycles. The molecule has 0 saturated carbocycles. The largest absolute Gasteiger partial charge is 0.465 e. The van der Waals surface area contributed by atoms with Crippen molar-refractivity contribution < 1.29 is 14.3 Å². The van der Waals surface area contributed by atoms with Crippen LogP contribution in [0.3, 0.4) is 0 Å². The highest BCUT2D eigenvalue weighted by Gasteiger charge is 2.18. The zero-order valence-corrected chi connectivity index (χ0v) is 19.0. The van der Waals surface area contributed by atoms with Crippen molar-refractivity contribution in [1.82, 2.24) is 9.55 Å². The number of anilines is 1. The molecule has 0 saturated heterocycles. The van der Waals surface area contributed by atoms with Gasteiger partial charge in [0, 0.05) is 4.88 Å². The van der Waals surface area contributed by atoms with Crippen LogP contribution in [0.5, 0.6) is 0 Å². The highest BCUT2D eigenvalue weighted by Crippen LogP contribution is 2.26.